The molecular formula is C54H34N2. The molecule has 0 bridgehead atoms. The highest BCUT2D eigenvalue weighted by atomic mass is 15.1. The fourth-order valence-corrected chi connectivity index (χ4v) is 9.52. The lowest BCUT2D eigenvalue weighted by Gasteiger charge is -2.29. The van der Waals surface area contributed by atoms with Crippen LogP contribution >= 0.6 is 0 Å². The van der Waals surface area contributed by atoms with E-state index in [1.807, 2.05) is 0 Å². The summed E-state index contributed by atoms with van der Waals surface area (Å²) in [7, 11) is 0. The Labute approximate surface area is 324 Å². The number of aromatic nitrogens is 1. The minimum absolute atomic E-state index is 1.12. The molecule has 0 atom stereocenters. The van der Waals surface area contributed by atoms with Crippen LogP contribution in [-0.2, 0) is 0 Å². The predicted molar refractivity (Wildman–Crippen MR) is 238 cm³/mol. The van der Waals surface area contributed by atoms with Crippen molar-refractivity contribution in [2.45, 2.75) is 0 Å². The predicted octanol–water partition coefficient (Wildman–Crippen LogP) is 15.0. The van der Waals surface area contributed by atoms with E-state index >= 15 is 0 Å². The molecule has 0 saturated carbocycles. The van der Waals surface area contributed by atoms with E-state index in [2.05, 4.69) is 216 Å². The number of benzene rings is 10. The lowest BCUT2D eigenvalue weighted by atomic mass is 9.94. The number of hydrogen-bond acceptors (Lipinski definition) is 1. The molecule has 0 unspecified atom stereocenters. The molecule has 11 aromatic rings. The van der Waals surface area contributed by atoms with Crippen LogP contribution in [0.1, 0.15) is 0 Å². The molecule has 10 aromatic carbocycles. The summed E-state index contributed by atoms with van der Waals surface area (Å²) in [5, 5.41) is 10.0. The third-order valence-electron chi connectivity index (χ3n) is 11.9. The van der Waals surface area contributed by atoms with Gasteiger partial charge in [-0.15, -0.1) is 0 Å². The Bertz CT molecular complexity index is 3370. The van der Waals surface area contributed by atoms with Gasteiger partial charge in [-0.2, -0.15) is 0 Å². The van der Waals surface area contributed by atoms with Gasteiger partial charge in [0.15, 0.2) is 0 Å². The van der Waals surface area contributed by atoms with Crippen molar-refractivity contribution in [2.75, 3.05) is 4.90 Å². The maximum absolute atomic E-state index is 2.52. The van der Waals surface area contributed by atoms with E-state index in [-0.39, 0.29) is 0 Å². The Morgan fingerprint density at radius 1 is 0.339 bits per heavy atom. The summed E-state index contributed by atoms with van der Waals surface area (Å²) in [5.74, 6) is 0. The fourth-order valence-electron chi connectivity index (χ4n) is 9.52. The van der Waals surface area contributed by atoms with Crippen LogP contribution in [-0.4, -0.2) is 4.57 Å². The van der Waals surface area contributed by atoms with E-state index in [1.54, 1.807) is 0 Å². The molecular weight excluding hydrogens is 677 g/mol. The zero-order chi connectivity index (χ0) is 36.7. The van der Waals surface area contributed by atoms with Gasteiger partial charge in [-0.05, 0) is 92.2 Å². The first kappa shape index (κ1) is 31.0. The third-order valence-corrected chi connectivity index (χ3v) is 11.9. The summed E-state index contributed by atoms with van der Waals surface area (Å²) in [4.78, 5) is 2.52. The summed E-state index contributed by atoms with van der Waals surface area (Å²) < 4.78 is 2.45. The molecule has 260 valence electrons. The van der Waals surface area contributed by atoms with Gasteiger partial charge in [0.05, 0.1) is 28.1 Å². The standard InChI is InChI=1S/C54H34N2/c1-2-15-35(16-3-1)41-22-8-10-27-48(41)56-49-28-11-9-24-43(49)46-34-39(31-32-50(46)56)55(47-29-13-19-36-17-4-6-21-40(36)47)51-30-14-26-45-44-25-12-20-38-33-37-18-5-7-23-42(37)54(52(38)44)53(45)51/h1-34H. The second-order valence-electron chi connectivity index (χ2n) is 14.8. The van der Waals surface area contributed by atoms with Crippen LogP contribution in [0.4, 0.5) is 17.1 Å². The molecule has 0 aliphatic heterocycles. The van der Waals surface area contributed by atoms with Gasteiger partial charge in [-0.3, -0.25) is 0 Å². The van der Waals surface area contributed by atoms with Crippen LogP contribution in [0.25, 0.3) is 93.2 Å². The summed E-state index contributed by atoms with van der Waals surface area (Å²) in [6.45, 7) is 0. The van der Waals surface area contributed by atoms with Crippen molar-refractivity contribution in [2.24, 2.45) is 0 Å². The van der Waals surface area contributed by atoms with Crippen molar-refractivity contribution >= 4 is 71.2 Å². The van der Waals surface area contributed by atoms with Crippen molar-refractivity contribution in [3.63, 3.8) is 0 Å². The maximum Gasteiger partial charge on any atom is 0.0547 e. The fraction of sp³-hybridized carbons (Fsp3) is 0. The smallest absolute Gasteiger partial charge is 0.0547 e. The molecule has 0 spiro atoms. The molecule has 1 heterocycles. The molecule has 2 nitrogen and oxygen atoms in total. The van der Waals surface area contributed by atoms with E-state index in [0.29, 0.717) is 0 Å². The molecule has 1 aliphatic carbocycles. The van der Waals surface area contributed by atoms with E-state index < -0.39 is 0 Å². The van der Waals surface area contributed by atoms with Crippen molar-refractivity contribution < 1.29 is 0 Å². The maximum atomic E-state index is 2.52. The number of rotatable bonds is 5. The highest BCUT2D eigenvalue weighted by Crippen LogP contribution is 2.56. The Morgan fingerprint density at radius 2 is 0.964 bits per heavy atom. The first-order valence-corrected chi connectivity index (χ1v) is 19.4. The topological polar surface area (TPSA) is 8.17 Å². The molecule has 0 amide bonds. The molecule has 0 N–H and O–H groups in total. The molecule has 0 radical (unpaired) electrons. The zero-order valence-electron chi connectivity index (χ0n) is 30.5. The molecule has 12 rings (SSSR count). The number of hydrogen-bond donors (Lipinski definition) is 0. The first-order valence-electron chi connectivity index (χ1n) is 19.4. The van der Waals surface area contributed by atoms with Crippen molar-refractivity contribution in [1.82, 2.24) is 4.57 Å². The van der Waals surface area contributed by atoms with Crippen molar-refractivity contribution in [1.29, 1.82) is 0 Å². The van der Waals surface area contributed by atoms with Gasteiger partial charge >= 0.3 is 0 Å². The Kier molecular flexibility index (Phi) is 6.66. The Morgan fingerprint density at radius 3 is 1.88 bits per heavy atom. The summed E-state index contributed by atoms with van der Waals surface area (Å²) in [6.07, 6.45) is 0. The second kappa shape index (κ2) is 12.0. The van der Waals surface area contributed by atoms with Gasteiger partial charge in [0, 0.05) is 38.5 Å². The van der Waals surface area contributed by atoms with Gasteiger partial charge in [0.2, 0.25) is 0 Å². The monoisotopic (exact) mass is 710 g/mol. The Balaban J connectivity index is 1.16. The van der Waals surface area contributed by atoms with Crippen LogP contribution < -0.4 is 4.90 Å². The Hall–Kier alpha value is -7.42. The minimum Gasteiger partial charge on any atom is -0.309 e. The average molecular weight is 711 g/mol. The summed E-state index contributed by atoms with van der Waals surface area (Å²) in [6, 6.07) is 75.8. The van der Waals surface area contributed by atoms with Crippen LogP contribution in [0.5, 0.6) is 0 Å². The summed E-state index contributed by atoms with van der Waals surface area (Å²) >= 11 is 0. The minimum atomic E-state index is 1.12. The molecule has 0 saturated heterocycles. The van der Waals surface area contributed by atoms with E-state index in [4.69, 9.17) is 0 Å². The van der Waals surface area contributed by atoms with Crippen LogP contribution in [0.2, 0.25) is 0 Å². The largest absolute Gasteiger partial charge is 0.309 e. The van der Waals surface area contributed by atoms with Crippen LogP contribution in [0.3, 0.4) is 0 Å². The second-order valence-corrected chi connectivity index (χ2v) is 14.8. The molecule has 1 aliphatic rings. The molecule has 2 heteroatoms. The van der Waals surface area contributed by atoms with Crippen LogP contribution in [0, 0.1) is 0 Å². The highest BCUT2D eigenvalue weighted by molar-refractivity contribution is 6.26. The van der Waals surface area contributed by atoms with Gasteiger partial charge in [-0.25, -0.2) is 0 Å². The van der Waals surface area contributed by atoms with Gasteiger partial charge in [0.25, 0.3) is 0 Å². The average Bonchev–Trinajstić information content (AvgIpc) is 3.78. The highest BCUT2D eigenvalue weighted by Gasteiger charge is 2.30. The number of fused-ring (bicyclic) bond motifs is 9. The third kappa shape index (κ3) is 4.44. The lowest BCUT2D eigenvalue weighted by Crippen LogP contribution is -2.12. The molecule has 0 fully saturated rings. The zero-order valence-corrected chi connectivity index (χ0v) is 30.5. The molecule has 1 aromatic heterocycles. The lowest BCUT2D eigenvalue weighted by molar-refractivity contribution is 1.18. The van der Waals surface area contributed by atoms with E-state index in [0.717, 1.165) is 11.4 Å². The quantitative estimate of drug-likeness (QED) is 0.161. The first-order chi connectivity index (χ1) is 27.8. The van der Waals surface area contributed by atoms with Gasteiger partial charge < -0.3 is 9.47 Å². The normalized spacial score (nSPS) is 11.9. The number of nitrogens with zero attached hydrogens (tertiary/aromatic N) is 2. The summed E-state index contributed by atoms with van der Waals surface area (Å²) in [5.41, 5.74) is 14.6. The van der Waals surface area contributed by atoms with E-state index in [9.17, 15) is 0 Å². The van der Waals surface area contributed by atoms with Crippen LogP contribution in [0.15, 0.2) is 206 Å². The number of para-hydroxylation sites is 2. The van der Waals surface area contributed by atoms with Crippen molar-refractivity contribution in [3.8, 4) is 39.1 Å². The van der Waals surface area contributed by atoms with E-state index in [1.165, 1.54) is 98.9 Å². The SMILES string of the molecule is c1ccc(-c2ccccc2-n2c3ccccc3c3cc(N(c4cccc5c4-c4c6ccccc6cc6cccc-5c46)c4cccc5ccccc45)ccc32)cc1. The number of anilines is 3. The molecule has 56 heavy (non-hydrogen) atoms. The van der Waals surface area contributed by atoms with Gasteiger partial charge in [0.1, 0.15) is 0 Å². The van der Waals surface area contributed by atoms with Crippen molar-refractivity contribution in [3.05, 3.63) is 206 Å². The van der Waals surface area contributed by atoms with Gasteiger partial charge in [-0.1, -0.05) is 158 Å².